The number of ether oxygens (including phenoxy) is 1. The number of rotatable bonds is 4. The van der Waals surface area contributed by atoms with E-state index in [4.69, 9.17) is 4.74 Å². The maximum Gasteiger partial charge on any atom is 0.321 e. The summed E-state index contributed by atoms with van der Waals surface area (Å²) in [6.45, 7) is 2.61. The van der Waals surface area contributed by atoms with E-state index >= 15 is 0 Å². The molecule has 0 bridgehead atoms. The first-order valence-corrected chi connectivity index (χ1v) is 10.1. The molecule has 1 aromatic carbocycles. The second-order valence-electron chi connectivity index (χ2n) is 6.85. The first-order chi connectivity index (χ1) is 13.6. The Morgan fingerprint density at radius 2 is 2.11 bits per heavy atom. The molecule has 0 unspecified atom stereocenters. The summed E-state index contributed by atoms with van der Waals surface area (Å²) in [4.78, 5) is 23.2. The number of amides is 2. The highest BCUT2D eigenvalue weighted by molar-refractivity contribution is 7.13. The van der Waals surface area contributed by atoms with E-state index in [1.165, 1.54) is 0 Å². The molecule has 1 aliphatic rings. The number of anilines is 1. The quantitative estimate of drug-likeness (QED) is 0.707. The number of nitrogens with one attached hydrogen (secondary N) is 1. The Kier molecular flexibility index (Phi) is 5.36. The molecule has 1 saturated heterocycles. The first kappa shape index (κ1) is 18.6. The Morgan fingerprint density at radius 1 is 1.29 bits per heavy atom. The lowest BCUT2D eigenvalue weighted by atomic mass is 10.0. The van der Waals surface area contributed by atoms with Crippen molar-refractivity contribution in [3.05, 3.63) is 65.4 Å². The maximum absolute atomic E-state index is 12.8. The van der Waals surface area contributed by atoms with Gasteiger partial charge in [-0.25, -0.2) is 9.78 Å². The van der Waals surface area contributed by atoms with Gasteiger partial charge in [0.2, 0.25) is 0 Å². The number of carbonyl (C=O) groups excluding carboxylic acids is 1. The van der Waals surface area contributed by atoms with E-state index in [-0.39, 0.29) is 18.2 Å². The van der Waals surface area contributed by atoms with E-state index in [1.54, 1.807) is 28.6 Å². The molecule has 2 amide bonds. The van der Waals surface area contributed by atoms with Crippen LogP contribution in [-0.2, 0) is 4.74 Å². The number of nitrogens with zero attached hydrogens (tertiary/aromatic N) is 3. The molecule has 0 spiro atoms. The Morgan fingerprint density at radius 3 is 2.79 bits per heavy atom. The monoisotopic (exact) mass is 394 g/mol. The van der Waals surface area contributed by atoms with Crippen LogP contribution in [0.2, 0.25) is 0 Å². The van der Waals surface area contributed by atoms with Gasteiger partial charge in [-0.1, -0.05) is 6.07 Å². The molecular formula is C21H22N4O2S. The minimum Gasteiger partial charge on any atom is -0.371 e. The molecule has 144 valence electrons. The molecule has 4 rings (SSSR count). The van der Waals surface area contributed by atoms with Crippen LogP contribution < -0.4 is 5.32 Å². The van der Waals surface area contributed by atoms with Crippen LogP contribution in [-0.4, -0.2) is 40.6 Å². The van der Waals surface area contributed by atoms with Crippen LogP contribution in [0.15, 0.2) is 54.2 Å². The highest BCUT2D eigenvalue weighted by atomic mass is 32.1. The number of likely N-dealkylation sites (N-methyl/N-ethyl adjacent to an activating group) is 1. The Balaban J connectivity index is 1.43. The van der Waals surface area contributed by atoms with E-state index < -0.39 is 0 Å². The number of pyridine rings is 1. The van der Waals surface area contributed by atoms with Crippen LogP contribution in [0.1, 0.15) is 23.8 Å². The summed E-state index contributed by atoms with van der Waals surface area (Å²) in [5.74, 6) is 0. The van der Waals surface area contributed by atoms with Gasteiger partial charge < -0.3 is 15.0 Å². The van der Waals surface area contributed by atoms with Crippen LogP contribution >= 0.6 is 11.3 Å². The summed E-state index contributed by atoms with van der Waals surface area (Å²) >= 11 is 1.62. The highest BCUT2D eigenvalue weighted by Gasteiger charge is 2.35. The van der Waals surface area contributed by atoms with Crippen molar-refractivity contribution in [1.29, 1.82) is 0 Å². The smallest absolute Gasteiger partial charge is 0.321 e. The molecule has 1 aliphatic heterocycles. The SMILES string of the molecule is Cc1csc(-c2ccc(NC(=O)N(C)[C@H]3CCO[C@@H]3c3cccnc3)cc2)n1. The zero-order valence-electron chi connectivity index (χ0n) is 15.8. The summed E-state index contributed by atoms with van der Waals surface area (Å²) in [5.41, 5.74) is 3.81. The van der Waals surface area contributed by atoms with Gasteiger partial charge >= 0.3 is 6.03 Å². The first-order valence-electron chi connectivity index (χ1n) is 9.20. The van der Waals surface area contributed by atoms with E-state index in [0.717, 1.165) is 33.9 Å². The molecule has 1 N–H and O–H groups in total. The standard InChI is InChI=1S/C21H22N4O2S/c1-14-13-28-20(23-14)15-5-7-17(8-6-15)24-21(26)25(2)18-9-11-27-19(18)16-4-3-10-22-12-16/h3-8,10,12-13,18-19H,9,11H2,1-2H3,(H,24,26)/t18-,19+/m0/s1. The molecule has 6 nitrogen and oxygen atoms in total. The lowest BCUT2D eigenvalue weighted by Gasteiger charge is -2.28. The summed E-state index contributed by atoms with van der Waals surface area (Å²) in [6, 6.07) is 11.5. The molecule has 2 aromatic heterocycles. The van der Waals surface area contributed by atoms with E-state index in [0.29, 0.717) is 6.61 Å². The number of aryl methyl sites for hydroxylation is 1. The summed E-state index contributed by atoms with van der Waals surface area (Å²) in [5, 5.41) is 5.98. The Hall–Kier alpha value is -2.77. The van der Waals surface area contributed by atoms with Crippen LogP contribution in [0.4, 0.5) is 10.5 Å². The molecular weight excluding hydrogens is 372 g/mol. The van der Waals surface area contributed by atoms with Crippen molar-refractivity contribution in [3.63, 3.8) is 0 Å². The third kappa shape index (κ3) is 3.90. The predicted octanol–water partition coefficient (Wildman–Crippen LogP) is 4.51. The lowest BCUT2D eigenvalue weighted by molar-refractivity contribution is 0.0788. The number of thiazole rings is 1. The van der Waals surface area contributed by atoms with Crippen LogP contribution in [0.25, 0.3) is 10.6 Å². The van der Waals surface area contributed by atoms with Gasteiger partial charge in [-0.2, -0.15) is 0 Å². The fourth-order valence-corrected chi connectivity index (χ4v) is 4.19. The number of urea groups is 1. The zero-order chi connectivity index (χ0) is 19.5. The van der Waals surface area contributed by atoms with Crippen molar-refractivity contribution < 1.29 is 9.53 Å². The number of aromatic nitrogens is 2. The second-order valence-corrected chi connectivity index (χ2v) is 7.70. The molecule has 7 heteroatoms. The molecule has 0 radical (unpaired) electrons. The van der Waals surface area contributed by atoms with Crippen LogP contribution in [0.5, 0.6) is 0 Å². The van der Waals surface area contributed by atoms with Crippen molar-refractivity contribution in [2.75, 3.05) is 19.0 Å². The predicted molar refractivity (Wildman–Crippen MR) is 110 cm³/mol. The van der Waals surface area contributed by atoms with Crippen molar-refractivity contribution in [2.45, 2.75) is 25.5 Å². The van der Waals surface area contributed by atoms with Gasteiger partial charge in [0.25, 0.3) is 0 Å². The highest BCUT2D eigenvalue weighted by Crippen LogP contribution is 2.32. The lowest BCUT2D eigenvalue weighted by Crippen LogP contribution is -2.41. The van der Waals surface area contributed by atoms with E-state index in [2.05, 4.69) is 15.3 Å². The van der Waals surface area contributed by atoms with Gasteiger partial charge in [0.15, 0.2) is 0 Å². The van der Waals surface area contributed by atoms with Gasteiger partial charge in [-0.3, -0.25) is 4.98 Å². The molecule has 3 aromatic rings. The molecule has 0 aliphatic carbocycles. The third-order valence-corrected chi connectivity index (χ3v) is 5.90. The second kappa shape index (κ2) is 8.08. The largest absolute Gasteiger partial charge is 0.371 e. The van der Waals surface area contributed by atoms with Gasteiger partial charge in [-0.15, -0.1) is 11.3 Å². The Labute approximate surface area is 168 Å². The topological polar surface area (TPSA) is 67.4 Å². The average Bonchev–Trinajstić information content (AvgIpc) is 3.38. The average molecular weight is 395 g/mol. The minimum absolute atomic E-state index is 0.0261. The number of hydrogen-bond donors (Lipinski definition) is 1. The van der Waals surface area contributed by atoms with Gasteiger partial charge in [0, 0.05) is 53.9 Å². The van der Waals surface area contributed by atoms with Crippen molar-refractivity contribution >= 4 is 23.1 Å². The number of hydrogen-bond acceptors (Lipinski definition) is 5. The van der Waals surface area contributed by atoms with E-state index in [1.807, 2.05) is 55.7 Å². The fraction of sp³-hybridized carbons (Fsp3) is 0.286. The maximum atomic E-state index is 12.8. The van der Waals surface area contributed by atoms with Gasteiger partial charge in [0.05, 0.1) is 6.04 Å². The number of benzene rings is 1. The fourth-order valence-electron chi connectivity index (χ4n) is 3.38. The molecule has 3 heterocycles. The minimum atomic E-state index is -0.153. The van der Waals surface area contributed by atoms with Crippen LogP contribution in [0, 0.1) is 6.92 Å². The van der Waals surface area contributed by atoms with E-state index in [9.17, 15) is 4.79 Å². The summed E-state index contributed by atoms with van der Waals surface area (Å²) in [6.07, 6.45) is 4.18. The Bertz CT molecular complexity index is 943. The number of carbonyl (C=O) groups is 1. The van der Waals surface area contributed by atoms with Crippen LogP contribution in [0.3, 0.4) is 0 Å². The molecule has 2 atom stereocenters. The van der Waals surface area contributed by atoms with Crippen molar-refractivity contribution in [3.8, 4) is 10.6 Å². The zero-order valence-corrected chi connectivity index (χ0v) is 16.6. The third-order valence-electron chi connectivity index (χ3n) is 4.89. The van der Waals surface area contributed by atoms with Gasteiger partial charge in [-0.05, 0) is 43.7 Å². The summed E-state index contributed by atoms with van der Waals surface area (Å²) in [7, 11) is 1.81. The van der Waals surface area contributed by atoms with Gasteiger partial charge in [0.1, 0.15) is 11.1 Å². The normalized spacial score (nSPS) is 18.8. The molecule has 28 heavy (non-hydrogen) atoms. The van der Waals surface area contributed by atoms with Crippen molar-refractivity contribution in [2.24, 2.45) is 0 Å². The molecule has 1 fully saturated rings. The summed E-state index contributed by atoms with van der Waals surface area (Å²) < 4.78 is 5.87. The van der Waals surface area contributed by atoms with Crippen molar-refractivity contribution in [1.82, 2.24) is 14.9 Å². The molecule has 0 saturated carbocycles.